The molecule has 0 spiro atoms. The number of amides is 1. The standard InChI is InChI=1S/C27H34N2O7/c1-7-28(8-2)12-13-29-23(18-15-20(34-4)26(36-6)21(16-18)35-5)22(25(31)27(29)32)24(30)17-10-9-11-19(14-17)33-3/h9-11,14-16,23,30H,7-8,12-13H2,1-6H3. The van der Waals surface area contributed by atoms with Crippen LogP contribution in [-0.4, -0.2) is 81.2 Å². The number of carbonyl (C=O) groups excluding carboxylic acids is 2. The molecule has 0 aromatic heterocycles. The van der Waals surface area contributed by atoms with E-state index in [-0.39, 0.29) is 11.3 Å². The van der Waals surface area contributed by atoms with Crippen LogP contribution in [0.3, 0.4) is 0 Å². The summed E-state index contributed by atoms with van der Waals surface area (Å²) in [7, 11) is 6.00. The second-order valence-electron chi connectivity index (χ2n) is 8.21. The second kappa shape index (κ2) is 11.8. The van der Waals surface area contributed by atoms with Crippen molar-refractivity contribution >= 4 is 17.4 Å². The number of Topliss-reactive ketones (excluding diaryl/α,β-unsaturated/α-hetero) is 1. The normalized spacial score (nSPS) is 17.0. The zero-order valence-corrected chi connectivity index (χ0v) is 21.7. The lowest BCUT2D eigenvalue weighted by molar-refractivity contribution is -0.140. The summed E-state index contributed by atoms with van der Waals surface area (Å²) in [4.78, 5) is 30.3. The molecular formula is C27H34N2O7. The minimum atomic E-state index is -0.861. The van der Waals surface area contributed by atoms with Crippen molar-refractivity contribution in [3.63, 3.8) is 0 Å². The Morgan fingerprint density at radius 3 is 2.11 bits per heavy atom. The molecule has 0 radical (unpaired) electrons. The van der Waals surface area contributed by atoms with E-state index in [0.29, 0.717) is 47.2 Å². The van der Waals surface area contributed by atoms with Gasteiger partial charge in [-0.15, -0.1) is 0 Å². The summed E-state index contributed by atoms with van der Waals surface area (Å²) in [6.07, 6.45) is 0. The number of likely N-dealkylation sites (N-methyl/N-ethyl adjacent to an activating group) is 1. The summed E-state index contributed by atoms with van der Waals surface area (Å²) >= 11 is 0. The zero-order chi connectivity index (χ0) is 26.4. The van der Waals surface area contributed by atoms with E-state index in [2.05, 4.69) is 4.90 Å². The van der Waals surface area contributed by atoms with Crippen molar-refractivity contribution in [3.8, 4) is 23.0 Å². The molecule has 1 aliphatic rings. The van der Waals surface area contributed by atoms with Gasteiger partial charge in [0.25, 0.3) is 11.7 Å². The molecule has 0 aliphatic carbocycles. The Hall–Kier alpha value is -3.72. The number of aliphatic hydroxyl groups is 1. The van der Waals surface area contributed by atoms with Gasteiger partial charge in [-0.3, -0.25) is 9.59 Å². The van der Waals surface area contributed by atoms with Crippen LogP contribution in [0.5, 0.6) is 23.0 Å². The van der Waals surface area contributed by atoms with Gasteiger partial charge < -0.3 is 33.9 Å². The summed E-state index contributed by atoms with van der Waals surface area (Å²) < 4.78 is 21.7. The first-order valence-corrected chi connectivity index (χ1v) is 11.8. The summed E-state index contributed by atoms with van der Waals surface area (Å²) in [6, 6.07) is 9.25. The quantitative estimate of drug-likeness (QED) is 0.286. The fraction of sp³-hybridized carbons (Fsp3) is 0.407. The number of likely N-dealkylation sites (tertiary alicyclic amines) is 1. The number of aliphatic hydroxyl groups excluding tert-OH is 1. The predicted octanol–water partition coefficient (Wildman–Crippen LogP) is 3.48. The molecule has 1 saturated heterocycles. The van der Waals surface area contributed by atoms with E-state index in [4.69, 9.17) is 18.9 Å². The first-order valence-electron chi connectivity index (χ1n) is 11.8. The molecule has 9 nitrogen and oxygen atoms in total. The average molecular weight is 499 g/mol. The van der Waals surface area contributed by atoms with Crippen LogP contribution in [-0.2, 0) is 9.59 Å². The number of ether oxygens (including phenoxy) is 4. The van der Waals surface area contributed by atoms with E-state index >= 15 is 0 Å². The molecular weight excluding hydrogens is 464 g/mol. The number of carbonyl (C=O) groups is 2. The van der Waals surface area contributed by atoms with Crippen molar-refractivity contribution in [1.29, 1.82) is 0 Å². The van der Waals surface area contributed by atoms with Crippen LogP contribution in [0.25, 0.3) is 5.76 Å². The van der Waals surface area contributed by atoms with E-state index in [1.165, 1.54) is 33.3 Å². The maximum absolute atomic E-state index is 13.3. The van der Waals surface area contributed by atoms with E-state index in [0.717, 1.165) is 13.1 Å². The molecule has 0 bridgehead atoms. The van der Waals surface area contributed by atoms with E-state index in [1.807, 2.05) is 13.8 Å². The maximum Gasteiger partial charge on any atom is 0.295 e. The monoisotopic (exact) mass is 498 g/mol. The van der Waals surface area contributed by atoms with Gasteiger partial charge in [0.1, 0.15) is 11.5 Å². The topological polar surface area (TPSA) is 97.8 Å². The first kappa shape index (κ1) is 26.9. The van der Waals surface area contributed by atoms with Gasteiger partial charge in [0.15, 0.2) is 11.5 Å². The van der Waals surface area contributed by atoms with Crippen LogP contribution in [0.15, 0.2) is 42.0 Å². The van der Waals surface area contributed by atoms with Crippen LogP contribution in [0.2, 0.25) is 0 Å². The smallest absolute Gasteiger partial charge is 0.295 e. The molecule has 0 saturated carbocycles. The predicted molar refractivity (Wildman–Crippen MR) is 136 cm³/mol. The lowest BCUT2D eigenvalue weighted by Crippen LogP contribution is -2.38. The van der Waals surface area contributed by atoms with Crippen molar-refractivity contribution in [2.24, 2.45) is 0 Å². The number of benzene rings is 2. The van der Waals surface area contributed by atoms with Gasteiger partial charge >= 0.3 is 0 Å². The van der Waals surface area contributed by atoms with Gasteiger partial charge in [-0.25, -0.2) is 0 Å². The Morgan fingerprint density at radius 1 is 0.944 bits per heavy atom. The van der Waals surface area contributed by atoms with Gasteiger partial charge in [-0.2, -0.15) is 0 Å². The number of ketones is 1. The van der Waals surface area contributed by atoms with Crippen LogP contribution in [0.4, 0.5) is 0 Å². The van der Waals surface area contributed by atoms with Crippen LogP contribution >= 0.6 is 0 Å². The summed E-state index contributed by atoms with van der Waals surface area (Å²) in [5.41, 5.74) is 0.906. The fourth-order valence-electron chi connectivity index (χ4n) is 4.43. The lowest BCUT2D eigenvalue weighted by atomic mass is 9.94. The molecule has 1 atom stereocenters. The highest BCUT2D eigenvalue weighted by Crippen LogP contribution is 2.45. The number of rotatable bonds is 11. The molecule has 1 N–H and O–H groups in total. The molecule has 1 fully saturated rings. The number of hydrogen-bond donors (Lipinski definition) is 1. The largest absolute Gasteiger partial charge is 0.507 e. The highest BCUT2D eigenvalue weighted by atomic mass is 16.5. The minimum absolute atomic E-state index is 0.0120. The highest BCUT2D eigenvalue weighted by molar-refractivity contribution is 6.46. The van der Waals surface area contributed by atoms with Crippen LogP contribution in [0.1, 0.15) is 31.0 Å². The summed E-state index contributed by atoms with van der Waals surface area (Å²) in [6.45, 7) is 6.55. The van der Waals surface area contributed by atoms with Gasteiger partial charge in [-0.05, 0) is 42.9 Å². The number of hydrogen-bond acceptors (Lipinski definition) is 8. The number of nitrogens with zero attached hydrogens (tertiary/aromatic N) is 2. The Bertz CT molecular complexity index is 1120. The molecule has 9 heteroatoms. The van der Waals surface area contributed by atoms with E-state index in [1.54, 1.807) is 36.4 Å². The minimum Gasteiger partial charge on any atom is -0.507 e. The lowest BCUT2D eigenvalue weighted by Gasteiger charge is -2.29. The SMILES string of the molecule is CCN(CC)CCN1C(=O)C(=O)C(=C(O)c2cccc(OC)c2)C1c1cc(OC)c(OC)c(OC)c1. The highest BCUT2D eigenvalue weighted by Gasteiger charge is 2.46. The zero-order valence-electron chi connectivity index (χ0n) is 21.7. The fourth-order valence-corrected chi connectivity index (χ4v) is 4.43. The number of methoxy groups -OCH3 is 4. The van der Waals surface area contributed by atoms with Crippen LogP contribution < -0.4 is 18.9 Å². The molecule has 1 heterocycles. The van der Waals surface area contributed by atoms with Crippen LogP contribution in [0, 0.1) is 0 Å². The van der Waals surface area contributed by atoms with E-state index < -0.39 is 17.7 Å². The Morgan fingerprint density at radius 2 is 1.58 bits per heavy atom. The van der Waals surface area contributed by atoms with Crippen molar-refractivity contribution in [1.82, 2.24) is 9.80 Å². The van der Waals surface area contributed by atoms with E-state index in [9.17, 15) is 14.7 Å². The first-order chi connectivity index (χ1) is 17.3. The third-order valence-corrected chi connectivity index (χ3v) is 6.44. The second-order valence-corrected chi connectivity index (χ2v) is 8.21. The maximum atomic E-state index is 13.3. The molecule has 2 aromatic carbocycles. The van der Waals surface area contributed by atoms with Gasteiger partial charge in [-0.1, -0.05) is 26.0 Å². The van der Waals surface area contributed by atoms with Gasteiger partial charge in [0.2, 0.25) is 5.75 Å². The summed E-state index contributed by atoms with van der Waals surface area (Å²) in [5, 5.41) is 11.3. The van der Waals surface area contributed by atoms with Gasteiger partial charge in [0.05, 0.1) is 40.1 Å². The Kier molecular flexibility index (Phi) is 8.82. The molecule has 3 rings (SSSR count). The van der Waals surface area contributed by atoms with Crippen molar-refractivity contribution < 1.29 is 33.6 Å². The third-order valence-electron chi connectivity index (χ3n) is 6.44. The molecule has 194 valence electrons. The van der Waals surface area contributed by atoms with Crippen molar-refractivity contribution in [3.05, 3.63) is 53.1 Å². The Labute approximate surface area is 211 Å². The molecule has 1 aliphatic heterocycles. The third kappa shape index (κ3) is 5.11. The molecule has 2 aromatic rings. The van der Waals surface area contributed by atoms with Gasteiger partial charge in [0, 0.05) is 18.7 Å². The molecule has 1 unspecified atom stereocenters. The Balaban J connectivity index is 2.23. The molecule has 1 amide bonds. The molecule has 36 heavy (non-hydrogen) atoms. The summed E-state index contributed by atoms with van der Waals surface area (Å²) in [5.74, 6) is -0.0591. The van der Waals surface area contributed by atoms with Crippen molar-refractivity contribution in [2.75, 3.05) is 54.6 Å². The average Bonchev–Trinajstić information content (AvgIpc) is 3.17. The van der Waals surface area contributed by atoms with Crippen molar-refractivity contribution in [2.45, 2.75) is 19.9 Å².